The van der Waals surface area contributed by atoms with Gasteiger partial charge in [-0.3, -0.25) is 0 Å². The molecule has 0 spiro atoms. The van der Waals surface area contributed by atoms with Crippen molar-refractivity contribution in [3.05, 3.63) is 45.6 Å². The monoisotopic (exact) mass is 433 g/mol. The van der Waals surface area contributed by atoms with E-state index in [9.17, 15) is 4.79 Å². The van der Waals surface area contributed by atoms with E-state index in [0.29, 0.717) is 23.8 Å². The molecular formula is C19H24BrN5O2. The van der Waals surface area contributed by atoms with E-state index in [1.807, 2.05) is 31.2 Å². The fourth-order valence-corrected chi connectivity index (χ4v) is 3.63. The number of hydrogen-bond acceptors (Lipinski definition) is 6. The first-order valence-corrected chi connectivity index (χ1v) is 10.1. The summed E-state index contributed by atoms with van der Waals surface area (Å²) in [7, 11) is 0. The van der Waals surface area contributed by atoms with Gasteiger partial charge in [-0.25, -0.2) is 4.79 Å². The van der Waals surface area contributed by atoms with Crippen molar-refractivity contribution in [1.29, 1.82) is 0 Å². The number of nitrogens with one attached hydrogen (secondary N) is 1. The minimum atomic E-state index is -0.429. The normalized spacial score (nSPS) is 16.0. The van der Waals surface area contributed by atoms with Crippen LogP contribution in [0.15, 0.2) is 40.0 Å². The minimum Gasteiger partial charge on any atom is -0.462 e. The van der Waals surface area contributed by atoms with E-state index in [4.69, 9.17) is 4.74 Å². The lowest BCUT2D eigenvalue weighted by Crippen LogP contribution is -2.29. The van der Waals surface area contributed by atoms with Gasteiger partial charge in [0.05, 0.1) is 12.2 Å². The lowest BCUT2D eigenvalue weighted by Gasteiger charge is -2.27. The smallest absolute Gasteiger partial charge is 0.338 e. The van der Waals surface area contributed by atoms with Gasteiger partial charge in [0.15, 0.2) is 0 Å². The maximum absolute atomic E-state index is 12.9. The molecule has 1 aromatic carbocycles. The number of aromatic nitrogens is 4. The third-order valence-electron chi connectivity index (χ3n) is 4.58. The van der Waals surface area contributed by atoms with Crippen LogP contribution >= 0.6 is 15.9 Å². The molecule has 8 heteroatoms. The second kappa shape index (κ2) is 9.12. The molecule has 2 heterocycles. The van der Waals surface area contributed by atoms with E-state index >= 15 is 0 Å². The third kappa shape index (κ3) is 4.55. The Labute approximate surface area is 167 Å². The molecule has 27 heavy (non-hydrogen) atoms. The van der Waals surface area contributed by atoms with Crippen LogP contribution in [0.5, 0.6) is 0 Å². The SMILES string of the molecule is CCCCCCCOC(=O)C1=C(C)Nc2nnnn2C1c1cccc(Br)c1. The van der Waals surface area contributed by atoms with Gasteiger partial charge in [-0.05, 0) is 41.5 Å². The summed E-state index contributed by atoms with van der Waals surface area (Å²) in [4.78, 5) is 12.9. The highest BCUT2D eigenvalue weighted by atomic mass is 79.9. The van der Waals surface area contributed by atoms with Gasteiger partial charge in [-0.1, -0.05) is 65.8 Å². The van der Waals surface area contributed by atoms with Crippen molar-refractivity contribution in [2.45, 2.75) is 52.0 Å². The lowest BCUT2D eigenvalue weighted by molar-refractivity contribution is -0.139. The van der Waals surface area contributed by atoms with Gasteiger partial charge in [0.2, 0.25) is 5.95 Å². The van der Waals surface area contributed by atoms with Crippen LogP contribution < -0.4 is 5.32 Å². The summed E-state index contributed by atoms with van der Waals surface area (Å²) in [6, 6.07) is 7.36. The second-order valence-electron chi connectivity index (χ2n) is 6.62. The number of halogens is 1. The molecule has 0 saturated carbocycles. The van der Waals surface area contributed by atoms with Crippen molar-refractivity contribution in [1.82, 2.24) is 20.2 Å². The van der Waals surface area contributed by atoms with E-state index in [2.05, 4.69) is 43.7 Å². The van der Waals surface area contributed by atoms with Gasteiger partial charge in [0.25, 0.3) is 0 Å². The van der Waals surface area contributed by atoms with Crippen LogP contribution in [0.25, 0.3) is 0 Å². The fourth-order valence-electron chi connectivity index (χ4n) is 3.21. The average Bonchev–Trinajstić information content (AvgIpc) is 3.11. The van der Waals surface area contributed by atoms with Crippen molar-refractivity contribution >= 4 is 27.8 Å². The Morgan fingerprint density at radius 3 is 2.89 bits per heavy atom. The van der Waals surface area contributed by atoms with Crippen LogP contribution in [0.1, 0.15) is 57.6 Å². The molecule has 3 rings (SSSR count). The molecule has 1 aliphatic heterocycles. The Morgan fingerprint density at radius 2 is 2.11 bits per heavy atom. The van der Waals surface area contributed by atoms with E-state index in [1.165, 1.54) is 19.3 Å². The summed E-state index contributed by atoms with van der Waals surface area (Å²) in [6.45, 7) is 4.45. The number of esters is 1. The van der Waals surface area contributed by atoms with Gasteiger partial charge < -0.3 is 10.1 Å². The number of allylic oxidation sites excluding steroid dienone is 1. The maximum atomic E-state index is 12.9. The number of hydrogen-bond donors (Lipinski definition) is 1. The Bertz CT molecular complexity index is 833. The Morgan fingerprint density at radius 1 is 1.30 bits per heavy atom. The number of ether oxygens (including phenoxy) is 1. The number of unbranched alkanes of at least 4 members (excludes halogenated alkanes) is 4. The molecule has 2 aromatic rings. The molecular weight excluding hydrogens is 410 g/mol. The summed E-state index contributed by atoms with van der Waals surface area (Å²) in [5, 5.41) is 14.9. The maximum Gasteiger partial charge on any atom is 0.338 e. The fraction of sp³-hybridized carbons (Fsp3) is 0.474. The van der Waals surface area contributed by atoms with Crippen molar-refractivity contribution in [2.24, 2.45) is 0 Å². The quantitative estimate of drug-likeness (QED) is 0.495. The van der Waals surface area contributed by atoms with Crippen LogP contribution in [-0.4, -0.2) is 32.8 Å². The standard InChI is InChI=1S/C19H24BrN5O2/c1-3-4-5-6-7-11-27-18(26)16-13(2)21-19-22-23-24-25(19)17(16)14-9-8-10-15(20)12-14/h8-10,12,17H,3-7,11H2,1-2H3,(H,21,22,24). The van der Waals surface area contributed by atoms with Crippen molar-refractivity contribution < 1.29 is 9.53 Å². The Kier molecular flexibility index (Phi) is 6.60. The van der Waals surface area contributed by atoms with Crippen LogP contribution in [0.2, 0.25) is 0 Å². The van der Waals surface area contributed by atoms with Crippen LogP contribution in [0.4, 0.5) is 5.95 Å². The molecule has 1 aliphatic rings. The van der Waals surface area contributed by atoms with Crippen LogP contribution in [0.3, 0.4) is 0 Å². The summed E-state index contributed by atoms with van der Waals surface area (Å²) in [6.07, 6.45) is 5.54. The first kappa shape index (κ1) is 19.5. The molecule has 7 nitrogen and oxygen atoms in total. The van der Waals surface area contributed by atoms with Crippen molar-refractivity contribution in [3.8, 4) is 0 Å². The third-order valence-corrected chi connectivity index (χ3v) is 5.07. The Balaban J connectivity index is 1.80. The zero-order chi connectivity index (χ0) is 19.2. The van der Waals surface area contributed by atoms with E-state index < -0.39 is 6.04 Å². The van der Waals surface area contributed by atoms with E-state index in [1.54, 1.807) is 4.68 Å². The number of nitrogens with zero attached hydrogens (tertiary/aromatic N) is 4. The molecule has 0 saturated heterocycles. The first-order chi connectivity index (χ1) is 13.1. The molecule has 0 radical (unpaired) electrons. The summed E-state index contributed by atoms with van der Waals surface area (Å²) < 4.78 is 8.12. The summed E-state index contributed by atoms with van der Waals surface area (Å²) in [5.41, 5.74) is 2.15. The summed E-state index contributed by atoms with van der Waals surface area (Å²) in [5.74, 6) is 0.176. The second-order valence-corrected chi connectivity index (χ2v) is 7.53. The highest BCUT2D eigenvalue weighted by Crippen LogP contribution is 2.35. The van der Waals surface area contributed by atoms with Crippen LogP contribution in [-0.2, 0) is 9.53 Å². The molecule has 1 atom stereocenters. The number of anilines is 1. The predicted octanol–water partition coefficient (Wildman–Crippen LogP) is 4.24. The van der Waals surface area contributed by atoms with Gasteiger partial charge >= 0.3 is 5.97 Å². The zero-order valence-electron chi connectivity index (χ0n) is 15.6. The molecule has 1 N–H and O–H groups in total. The highest BCUT2D eigenvalue weighted by Gasteiger charge is 2.34. The number of fused-ring (bicyclic) bond motifs is 1. The largest absolute Gasteiger partial charge is 0.462 e. The zero-order valence-corrected chi connectivity index (χ0v) is 17.2. The molecule has 0 aliphatic carbocycles. The van der Waals surface area contributed by atoms with Gasteiger partial charge in [0.1, 0.15) is 6.04 Å². The van der Waals surface area contributed by atoms with E-state index in [0.717, 1.165) is 22.9 Å². The number of tetrazole rings is 1. The topological polar surface area (TPSA) is 81.9 Å². The molecule has 144 valence electrons. The molecule has 1 aromatic heterocycles. The average molecular weight is 434 g/mol. The molecule has 0 amide bonds. The molecule has 1 unspecified atom stereocenters. The van der Waals surface area contributed by atoms with Gasteiger partial charge in [0, 0.05) is 10.2 Å². The lowest BCUT2D eigenvalue weighted by atomic mass is 9.96. The summed E-state index contributed by atoms with van der Waals surface area (Å²) >= 11 is 3.49. The van der Waals surface area contributed by atoms with Gasteiger partial charge in [-0.2, -0.15) is 4.68 Å². The molecule has 0 fully saturated rings. The highest BCUT2D eigenvalue weighted by molar-refractivity contribution is 9.10. The number of carbonyl (C=O) groups is 1. The number of carbonyl (C=O) groups excluding carboxylic acids is 1. The number of benzene rings is 1. The predicted molar refractivity (Wildman–Crippen MR) is 106 cm³/mol. The van der Waals surface area contributed by atoms with Crippen LogP contribution in [0, 0.1) is 0 Å². The van der Waals surface area contributed by atoms with Crippen molar-refractivity contribution in [2.75, 3.05) is 11.9 Å². The first-order valence-electron chi connectivity index (χ1n) is 9.30. The van der Waals surface area contributed by atoms with Gasteiger partial charge in [-0.15, -0.1) is 0 Å². The van der Waals surface area contributed by atoms with Crippen molar-refractivity contribution in [3.63, 3.8) is 0 Å². The number of rotatable bonds is 8. The van der Waals surface area contributed by atoms with E-state index in [-0.39, 0.29) is 5.97 Å². The minimum absolute atomic E-state index is 0.332. The molecule has 0 bridgehead atoms. The Hall–Kier alpha value is -2.22.